The van der Waals surface area contributed by atoms with Crippen LogP contribution in [0.25, 0.3) is 0 Å². The smallest absolute Gasteiger partial charge is 0.125 e. The number of halogens is 1. The highest BCUT2D eigenvalue weighted by Crippen LogP contribution is 2.29. The zero-order valence-corrected chi connectivity index (χ0v) is 8.39. The third kappa shape index (κ3) is 1.67. The Morgan fingerprint density at radius 2 is 2.36 bits per heavy atom. The number of nitrogens with zero attached hydrogens (tertiary/aromatic N) is 1. The first kappa shape index (κ1) is 9.31. The van der Waals surface area contributed by atoms with Gasteiger partial charge in [0.2, 0.25) is 0 Å². The molecule has 0 atom stereocenters. The quantitative estimate of drug-likeness (QED) is 0.778. The van der Waals surface area contributed by atoms with E-state index in [4.69, 9.17) is 0 Å². The molecule has 0 fully saturated rings. The van der Waals surface area contributed by atoms with E-state index in [1.54, 1.807) is 6.07 Å². The SMILES string of the molecule is CCCN1CCNc2ccc(F)cc21. The summed E-state index contributed by atoms with van der Waals surface area (Å²) in [6.07, 6.45) is 1.09. The van der Waals surface area contributed by atoms with Gasteiger partial charge in [-0.3, -0.25) is 0 Å². The highest BCUT2D eigenvalue weighted by Gasteiger charge is 2.15. The summed E-state index contributed by atoms with van der Waals surface area (Å²) >= 11 is 0. The van der Waals surface area contributed by atoms with Crippen molar-refractivity contribution in [3.05, 3.63) is 24.0 Å². The Hall–Kier alpha value is -1.25. The van der Waals surface area contributed by atoms with Crippen LogP contribution in [0.2, 0.25) is 0 Å². The summed E-state index contributed by atoms with van der Waals surface area (Å²) in [4.78, 5) is 2.23. The topological polar surface area (TPSA) is 15.3 Å². The van der Waals surface area contributed by atoms with Gasteiger partial charge in [-0.2, -0.15) is 0 Å². The van der Waals surface area contributed by atoms with E-state index in [-0.39, 0.29) is 5.82 Å². The van der Waals surface area contributed by atoms with Gasteiger partial charge in [0.1, 0.15) is 5.82 Å². The van der Waals surface area contributed by atoms with Crippen LogP contribution in [-0.4, -0.2) is 19.6 Å². The van der Waals surface area contributed by atoms with Crippen molar-refractivity contribution in [2.24, 2.45) is 0 Å². The van der Waals surface area contributed by atoms with Crippen molar-refractivity contribution in [1.29, 1.82) is 0 Å². The molecule has 1 aliphatic rings. The van der Waals surface area contributed by atoms with E-state index < -0.39 is 0 Å². The lowest BCUT2D eigenvalue weighted by Gasteiger charge is -2.31. The number of benzene rings is 1. The van der Waals surface area contributed by atoms with Crippen LogP contribution in [0.4, 0.5) is 15.8 Å². The summed E-state index contributed by atoms with van der Waals surface area (Å²) in [5.41, 5.74) is 2.05. The van der Waals surface area contributed by atoms with E-state index in [9.17, 15) is 4.39 Å². The normalized spacial score (nSPS) is 14.9. The number of hydrogen-bond donors (Lipinski definition) is 1. The number of hydrogen-bond acceptors (Lipinski definition) is 2. The van der Waals surface area contributed by atoms with Gasteiger partial charge >= 0.3 is 0 Å². The molecule has 1 aliphatic heterocycles. The molecular formula is C11H15FN2. The second-order valence-corrected chi connectivity index (χ2v) is 3.58. The molecule has 1 aromatic rings. The molecule has 0 unspecified atom stereocenters. The molecule has 1 aromatic carbocycles. The van der Waals surface area contributed by atoms with Crippen molar-refractivity contribution in [3.63, 3.8) is 0 Å². The minimum absolute atomic E-state index is 0.159. The third-order valence-electron chi connectivity index (χ3n) is 2.49. The van der Waals surface area contributed by atoms with Crippen molar-refractivity contribution < 1.29 is 4.39 Å². The molecule has 0 saturated carbocycles. The first-order valence-corrected chi connectivity index (χ1v) is 5.09. The van der Waals surface area contributed by atoms with Crippen LogP contribution in [0.5, 0.6) is 0 Å². The molecule has 3 heteroatoms. The molecule has 0 bridgehead atoms. The highest BCUT2D eigenvalue weighted by molar-refractivity contribution is 5.72. The van der Waals surface area contributed by atoms with E-state index in [0.717, 1.165) is 37.4 Å². The predicted octanol–water partition coefficient (Wildman–Crippen LogP) is 2.47. The van der Waals surface area contributed by atoms with E-state index >= 15 is 0 Å². The minimum atomic E-state index is -0.159. The molecular weight excluding hydrogens is 179 g/mol. The zero-order chi connectivity index (χ0) is 9.97. The molecule has 2 nitrogen and oxygen atoms in total. The lowest BCUT2D eigenvalue weighted by molar-refractivity contribution is 0.625. The molecule has 1 N–H and O–H groups in total. The molecule has 0 aromatic heterocycles. The van der Waals surface area contributed by atoms with Crippen LogP contribution in [0.15, 0.2) is 18.2 Å². The predicted molar refractivity (Wildman–Crippen MR) is 57.4 cm³/mol. The second-order valence-electron chi connectivity index (χ2n) is 3.58. The lowest BCUT2D eigenvalue weighted by Crippen LogP contribution is -2.34. The van der Waals surface area contributed by atoms with E-state index in [1.165, 1.54) is 6.07 Å². The number of anilines is 2. The first-order chi connectivity index (χ1) is 6.81. The highest BCUT2D eigenvalue weighted by atomic mass is 19.1. The van der Waals surface area contributed by atoms with Gasteiger partial charge in [0, 0.05) is 19.6 Å². The van der Waals surface area contributed by atoms with Crippen LogP contribution in [0.1, 0.15) is 13.3 Å². The van der Waals surface area contributed by atoms with Crippen LogP contribution < -0.4 is 10.2 Å². The fraction of sp³-hybridized carbons (Fsp3) is 0.455. The molecule has 14 heavy (non-hydrogen) atoms. The van der Waals surface area contributed by atoms with Crippen molar-refractivity contribution in [2.75, 3.05) is 29.9 Å². The lowest BCUT2D eigenvalue weighted by atomic mass is 10.2. The van der Waals surface area contributed by atoms with Crippen LogP contribution in [-0.2, 0) is 0 Å². The summed E-state index contributed by atoms with van der Waals surface area (Å²) in [7, 11) is 0. The molecule has 0 saturated heterocycles. The Labute approximate surface area is 83.7 Å². The maximum Gasteiger partial charge on any atom is 0.125 e. The van der Waals surface area contributed by atoms with Gasteiger partial charge in [0.25, 0.3) is 0 Å². The summed E-state index contributed by atoms with van der Waals surface area (Å²) in [6.45, 7) is 5.04. The molecule has 0 radical (unpaired) electrons. The van der Waals surface area contributed by atoms with Gasteiger partial charge in [-0.05, 0) is 24.6 Å². The number of nitrogens with one attached hydrogen (secondary N) is 1. The maximum atomic E-state index is 13.1. The van der Waals surface area contributed by atoms with Gasteiger partial charge in [-0.25, -0.2) is 4.39 Å². The molecule has 76 valence electrons. The van der Waals surface area contributed by atoms with Gasteiger partial charge in [-0.15, -0.1) is 0 Å². The van der Waals surface area contributed by atoms with Crippen molar-refractivity contribution in [1.82, 2.24) is 0 Å². The largest absolute Gasteiger partial charge is 0.382 e. The summed E-state index contributed by atoms with van der Waals surface area (Å²) in [6, 6.07) is 4.92. The summed E-state index contributed by atoms with van der Waals surface area (Å²) < 4.78 is 13.1. The molecule has 0 aliphatic carbocycles. The van der Waals surface area contributed by atoms with E-state index in [2.05, 4.69) is 17.1 Å². The Bertz CT molecular complexity index is 325. The number of fused-ring (bicyclic) bond motifs is 1. The van der Waals surface area contributed by atoms with Crippen molar-refractivity contribution >= 4 is 11.4 Å². The fourth-order valence-electron chi connectivity index (χ4n) is 1.86. The third-order valence-corrected chi connectivity index (χ3v) is 2.49. The average molecular weight is 194 g/mol. The zero-order valence-electron chi connectivity index (χ0n) is 8.39. The number of rotatable bonds is 2. The summed E-state index contributed by atoms with van der Waals surface area (Å²) in [5, 5.41) is 3.27. The van der Waals surface area contributed by atoms with Crippen molar-refractivity contribution in [3.8, 4) is 0 Å². The minimum Gasteiger partial charge on any atom is -0.382 e. The van der Waals surface area contributed by atoms with Gasteiger partial charge < -0.3 is 10.2 Å². The molecule has 0 amide bonds. The van der Waals surface area contributed by atoms with Crippen LogP contribution in [0.3, 0.4) is 0 Å². The van der Waals surface area contributed by atoms with Gasteiger partial charge in [0.15, 0.2) is 0 Å². The van der Waals surface area contributed by atoms with Gasteiger partial charge in [0.05, 0.1) is 11.4 Å². The van der Waals surface area contributed by atoms with E-state index in [1.807, 2.05) is 6.07 Å². The van der Waals surface area contributed by atoms with Crippen LogP contribution >= 0.6 is 0 Å². The average Bonchev–Trinajstić information content (AvgIpc) is 2.19. The van der Waals surface area contributed by atoms with Crippen molar-refractivity contribution in [2.45, 2.75) is 13.3 Å². The molecule has 0 spiro atoms. The second kappa shape index (κ2) is 3.86. The van der Waals surface area contributed by atoms with Gasteiger partial charge in [-0.1, -0.05) is 6.92 Å². The Kier molecular flexibility index (Phi) is 2.57. The Morgan fingerprint density at radius 3 is 3.14 bits per heavy atom. The molecule has 1 heterocycles. The maximum absolute atomic E-state index is 13.1. The monoisotopic (exact) mass is 194 g/mol. The Balaban J connectivity index is 2.32. The fourth-order valence-corrected chi connectivity index (χ4v) is 1.86. The van der Waals surface area contributed by atoms with E-state index in [0.29, 0.717) is 0 Å². The Morgan fingerprint density at radius 1 is 1.50 bits per heavy atom. The first-order valence-electron chi connectivity index (χ1n) is 5.09. The molecule has 2 rings (SSSR count). The summed E-state index contributed by atoms with van der Waals surface area (Å²) in [5.74, 6) is -0.159. The van der Waals surface area contributed by atoms with Crippen LogP contribution in [0, 0.1) is 5.82 Å². The standard InChI is InChI=1S/C11H15FN2/c1-2-6-14-7-5-13-10-4-3-9(12)8-11(10)14/h3-4,8,13H,2,5-7H2,1H3.